The number of primary amides is 1. The molecule has 2 aromatic carbocycles. The van der Waals surface area contributed by atoms with E-state index in [0.717, 1.165) is 22.3 Å². The van der Waals surface area contributed by atoms with Crippen LogP contribution in [0.1, 0.15) is 56.4 Å². The summed E-state index contributed by atoms with van der Waals surface area (Å²) in [5, 5.41) is 48.6. The highest BCUT2D eigenvalue weighted by molar-refractivity contribution is 6.23. The highest BCUT2D eigenvalue weighted by atomic mass is 16.5. The van der Waals surface area contributed by atoms with Gasteiger partial charge < -0.3 is 36.2 Å². The van der Waals surface area contributed by atoms with Crippen LogP contribution in [0.25, 0.3) is 16.9 Å². The maximum absolute atomic E-state index is 14.1. The number of carbonyl (C=O) groups is 4. The van der Waals surface area contributed by atoms with E-state index in [2.05, 4.69) is 5.32 Å². The molecule has 11 heteroatoms. The molecule has 5 rings (SSSR count). The average Bonchev–Trinajstić information content (AvgIpc) is 2.99. The molecular formula is C35H40N2O9. The van der Waals surface area contributed by atoms with Gasteiger partial charge in [-0.15, -0.1) is 0 Å². The number of aliphatic hydroxyl groups excluding tert-OH is 2. The second-order valence-corrected chi connectivity index (χ2v) is 12.6. The van der Waals surface area contributed by atoms with Gasteiger partial charge in [-0.1, -0.05) is 39.0 Å². The molecule has 244 valence electrons. The summed E-state index contributed by atoms with van der Waals surface area (Å²) >= 11 is 0. The predicted molar refractivity (Wildman–Crippen MR) is 168 cm³/mol. The van der Waals surface area contributed by atoms with Crippen LogP contribution in [0.3, 0.4) is 0 Å². The summed E-state index contributed by atoms with van der Waals surface area (Å²) in [6.07, 6.45) is 0.911. The third-order valence-corrected chi connectivity index (χ3v) is 9.60. The van der Waals surface area contributed by atoms with E-state index in [0.29, 0.717) is 18.5 Å². The first-order chi connectivity index (χ1) is 21.8. The second kappa shape index (κ2) is 12.4. The smallest absolute Gasteiger partial charge is 0.319 e. The average molecular weight is 633 g/mol. The first-order valence-corrected chi connectivity index (χ1v) is 15.6. The zero-order valence-electron chi connectivity index (χ0n) is 26.3. The van der Waals surface area contributed by atoms with E-state index in [1.54, 1.807) is 26.8 Å². The van der Waals surface area contributed by atoms with Gasteiger partial charge in [0.05, 0.1) is 18.7 Å². The Morgan fingerprint density at radius 3 is 2.43 bits per heavy atom. The number of ketones is 2. The summed E-state index contributed by atoms with van der Waals surface area (Å²) in [6, 6.07) is 9.10. The fourth-order valence-corrected chi connectivity index (χ4v) is 7.55. The zero-order valence-corrected chi connectivity index (χ0v) is 26.3. The highest BCUT2D eigenvalue weighted by Crippen LogP contribution is 2.55. The number of aromatic hydroxyl groups is 1. The largest absolute Gasteiger partial charge is 0.508 e. The first-order valence-electron chi connectivity index (χ1n) is 15.6. The van der Waals surface area contributed by atoms with Gasteiger partial charge in [0.15, 0.2) is 11.4 Å². The number of ether oxygens (including phenoxy) is 1. The molecule has 7 N–H and O–H groups in total. The number of aryl methyl sites for hydroxylation is 1. The van der Waals surface area contributed by atoms with Crippen LogP contribution in [0.4, 0.5) is 0 Å². The lowest BCUT2D eigenvalue weighted by molar-refractivity contribution is -0.155. The van der Waals surface area contributed by atoms with Crippen molar-refractivity contribution in [1.82, 2.24) is 5.32 Å². The molecule has 0 radical (unpaired) electrons. The molecule has 2 aromatic rings. The Labute approximate surface area is 266 Å². The topological polar surface area (TPSA) is 196 Å². The van der Waals surface area contributed by atoms with E-state index < -0.39 is 63.8 Å². The van der Waals surface area contributed by atoms with Crippen molar-refractivity contribution in [2.75, 3.05) is 13.2 Å². The minimum absolute atomic E-state index is 0.0398. The number of hydrogen-bond donors (Lipinski definition) is 6. The van der Waals surface area contributed by atoms with E-state index in [4.69, 9.17) is 10.5 Å². The molecule has 3 aliphatic carbocycles. The second-order valence-electron chi connectivity index (χ2n) is 12.6. The van der Waals surface area contributed by atoms with E-state index in [-0.39, 0.29) is 48.8 Å². The maximum Gasteiger partial charge on any atom is 0.319 e. The van der Waals surface area contributed by atoms with Crippen molar-refractivity contribution in [3.63, 3.8) is 0 Å². The fourth-order valence-electron chi connectivity index (χ4n) is 7.55. The number of rotatable bonds is 9. The standard InChI is InChI=1S/C35H40N2O9/c1-5-18-8-7-17(14-37-15-25(39)46-6-2)11-21(18)20-9-10-24(38)28-22(20)12-19-13-23-26(16(3)4)30(40)29(34(36)44)33(43)35(23,45)32(42)27(19)31(28)41/h7-11,16,19,23,26,37-38,41,43,45H,5-6,12-15H2,1-4H3,(H2,36,44)/t19-,23-,26-,35-/m0/s1. The summed E-state index contributed by atoms with van der Waals surface area (Å²) in [4.78, 5) is 51.6. The first kappa shape index (κ1) is 32.9. The molecule has 46 heavy (non-hydrogen) atoms. The molecule has 0 saturated heterocycles. The van der Waals surface area contributed by atoms with Crippen molar-refractivity contribution in [2.24, 2.45) is 29.4 Å². The Bertz CT molecular complexity index is 1710. The lowest BCUT2D eigenvalue weighted by Crippen LogP contribution is -2.62. The molecule has 0 aromatic heterocycles. The lowest BCUT2D eigenvalue weighted by Gasteiger charge is -2.50. The number of nitrogens with one attached hydrogen (secondary N) is 1. The minimum Gasteiger partial charge on any atom is -0.508 e. The minimum atomic E-state index is -2.65. The molecule has 11 nitrogen and oxygen atoms in total. The van der Waals surface area contributed by atoms with Gasteiger partial charge in [0.1, 0.15) is 22.8 Å². The molecule has 0 spiro atoms. The van der Waals surface area contributed by atoms with Gasteiger partial charge in [-0.25, -0.2) is 0 Å². The molecule has 3 aliphatic rings. The van der Waals surface area contributed by atoms with Gasteiger partial charge in [-0.2, -0.15) is 0 Å². The van der Waals surface area contributed by atoms with Crippen LogP contribution in [0, 0.1) is 23.7 Å². The fraction of sp³-hybridized carbons (Fsp3) is 0.429. The SMILES string of the molecule is CCOC(=O)CNCc1ccc(CC)c(-c2ccc(O)c3c2C[C@H]2C[C@H]4[C@H](C(C)C)C(=O)C(C(N)=O)=C(O)[C@@]4(O)C(=O)C2=C3O)c1. The van der Waals surface area contributed by atoms with Crippen molar-refractivity contribution in [3.05, 3.63) is 69.5 Å². The summed E-state index contributed by atoms with van der Waals surface area (Å²) in [5.74, 6) is -8.43. The Morgan fingerprint density at radius 2 is 1.80 bits per heavy atom. The number of phenols is 1. The predicted octanol–water partition coefficient (Wildman–Crippen LogP) is 3.19. The van der Waals surface area contributed by atoms with Crippen LogP contribution in [-0.2, 0) is 43.3 Å². The van der Waals surface area contributed by atoms with Crippen LogP contribution in [-0.4, -0.2) is 62.6 Å². The monoisotopic (exact) mass is 632 g/mol. The van der Waals surface area contributed by atoms with Crippen molar-refractivity contribution >= 4 is 29.2 Å². The van der Waals surface area contributed by atoms with E-state index >= 15 is 0 Å². The van der Waals surface area contributed by atoms with Crippen molar-refractivity contribution in [2.45, 2.75) is 59.1 Å². The highest BCUT2D eigenvalue weighted by Gasteiger charge is 2.64. The summed E-state index contributed by atoms with van der Waals surface area (Å²) in [7, 11) is 0. The van der Waals surface area contributed by atoms with E-state index in [9.17, 15) is 39.6 Å². The van der Waals surface area contributed by atoms with Gasteiger partial charge in [0, 0.05) is 24.0 Å². The van der Waals surface area contributed by atoms with Gasteiger partial charge in [0.25, 0.3) is 5.91 Å². The van der Waals surface area contributed by atoms with Gasteiger partial charge in [-0.3, -0.25) is 19.2 Å². The third-order valence-electron chi connectivity index (χ3n) is 9.60. The van der Waals surface area contributed by atoms with Gasteiger partial charge in [-0.05, 0) is 78.0 Å². The zero-order chi connectivity index (χ0) is 33.7. The molecule has 0 unspecified atom stereocenters. The number of amides is 1. The number of fused-ring (bicyclic) bond motifs is 3. The van der Waals surface area contributed by atoms with Crippen molar-refractivity contribution in [3.8, 4) is 16.9 Å². The van der Waals surface area contributed by atoms with Crippen molar-refractivity contribution in [1.29, 1.82) is 0 Å². The molecular weight excluding hydrogens is 592 g/mol. The molecule has 0 aliphatic heterocycles. The van der Waals surface area contributed by atoms with E-state index in [1.807, 2.05) is 25.1 Å². The Morgan fingerprint density at radius 1 is 1.09 bits per heavy atom. The lowest BCUT2D eigenvalue weighted by atomic mass is 9.54. The van der Waals surface area contributed by atoms with Crippen LogP contribution in [0.2, 0.25) is 0 Å². The number of benzene rings is 2. The number of hydrogen-bond acceptors (Lipinski definition) is 10. The van der Waals surface area contributed by atoms with Crippen LogP contribution < -0.4 is 11.1 Å². The Balaban J connectivity index is 1.63. The number of Topliss-reactive ketones (excluding diaryl/α,β-unsaturated/α-hetero) is 2. The van der Waals surface area contributed by atoms with E-state index in [1.165, 1.54) is 6.07 Å². The summed E-state index contributed by atoms with van der Waals surface area (Å²) in [5.41, 5.74) is 5.87. The quantitative estimate of drug-likeness (QED) is 0.176. The Kier molecular flexibility index (Phi) is 8.85. The van der Waals surface area contributed by atoms with Gasteiger partial charge >= 0.3 is 5.97 Å². The van der Waals surface area contributed by atoms with Crippen LogP contribution >= 0.6 is 0 Å². The number of esters is 1. The summed E-state index contributed by atoms with van der Waals surface area (Å²) < 4.78 is 4.98. The molecule has 4 atom stereocenters. The van der Waals surface area contributed by atoms with Crippen molar-refractivity contribution < 1.29 is 44.3 Å². The number of phenolic OH excluding ortho intramolecular Hbond substituents is 1. The molecule has 1 saturated carbocycles. The third kappa shape index (κ3) is 5.17. The number of nitrogens with two attached hydrogens (primary N) is 1. The molecule has 0 heterocycles. The maximum atomic E-state index is 14.1. The van der Waals surface area contributed by atoms with Crippen LogP contribution in [0.15, 0.2) is 47.2 Å². The molecule has 1 amide bonds. The number of aliphatic hydroxyl groups is 3. The molecule has 0 bridgehead atoms. The van der Waals surface area contributed by atoms with Crippen LogP contribution in [0.5, 0.6) is 5.75 Å². The number of carbonyl (C=O) groups excluding carboxylic acids is 4. The normalized spacial score (nSPS) is 24.1. The Hall–Kier alpha value is -4.48. The molecule has 1 fully saturated rings. The van der Waals surface area contributed by atoms with Gasteiger partial charge in [0.2, 0.25) is 5.78 Å². The summed E-state index contributed by atoms with van der Waals surface area (Å²) in [6.45, 7) is 7.92.